The lowest BCUT2D eigenvalue weighted by Gasteiger charge is -2.02. The topological polar surface area (TPSA) is 179 Å². The van der Waals surface area contributed by atoms with Gasteiger partial charge in [0.2, 0.25) is 0 Å². The third-order valence-corrected chi connectivity index (χ3v) is 3.00. The molecule has 0 fully saturated rings. The smallest absolute Gasteiger partial charge is 0.335 e. The number of rotatable bonds is 7. The van der Waals surface area contributed by atoms with E-state index in [4.69, 9.17) is 25.0 Å². The zero-order chi connectivity index (χ0) is 22.5. The number of ether oxygens (including phenoxy) is 1. The first kappa shape index (κ1) is 28.6. The highest BCUT2D eigenvalue weighted by Gasteiger charge is 2.17. The number of aliphatic hydroxyl groups excluding tert-OH is 2. The molecule has 0 saturated heterocycles. The van der Waals surface area contributed by atoms with E-state index in [2.05, 4.69) is 31.4 Å². The zero-order valence-electron chi connectivity index (χ0n) is 16.2. The van der Waals surface area contributed by atoms with E-state index in [-0.39, 0.29) is 20.5 Å². The average Bonchev–Trinajstić information content (AvgIpc) is 2.53. The van der Waals surface area contributed by atoms with Crippen molar-refractivity contribution < 1.29 is 47.7 Å². The molecule has 0 saturated carbocycles. The van der Waals surface area contributed by atoms with Crippen LogP contribution >= 0.6 is 7.26 Å². The standard InChI is InChI=1S/C8H6O7S.C4H10O3.C4H12P/c9-7(10)4-1-5(8(11)12)3-6(2-4)16(13,14)15;5-1-3-7-4-2-6;1-5(2,3)4/h1-3H,(H,9,10)(H,11,12)(H,13,14,15);5-6H,1-4H2;1-4H3/q;;+1. The van der Waals surface area contributed by atoms with Crippen LogP contribution < -0.4 is 0 Å². The number of hydrogen-bond acceptors (Lipinski definition) is 7. The number of hydrogen-bond donors (Lipinski definition) is 5. The molecule has 0 radical (unpaired) electrons. The molecule has 10 nitrogen and oxygen atoms in total. The van der Waals surface area contributed by atoms with E-state index in [0.29, 0.717) is 25.3 Å². The second-order valence-corrected chi connectivity index (χ2v) is 13.4. The van der Waals surface area contributed by atoms with Gasteiger partial charge in [-0.1, -0.05) is 0 Å². The molecule has 0 aliphatic rings. The van der Waals surface area contributed by atoms with Crippen molar-refractivity contribution in [3.8, 4) is 0 Å². The van der Waals surface area contributed by atoms with Gasteiger partial charge in [0.1, 0.15) is 0 Å². The van der Waals surface area contributed by atoms with Crippen LogP contribution in [0.15, 0.2) is 23.1 Å². The summed E-state index contributed by atoms with van der Waals surface area (Å²) in [5.41, 5.74) is -1.07. The van der Waals surface area contributed by atoms with Crippen LogP contribution in [0.4, 0.5) is 0 Å². The summed E-state index contributed by atoms with van der Waals surface area (Å²) in [5, 5.41) is 33.4. The maximum absolute atomic E-state index is 10.8. The van der Waals surface area contributed by atoms with Crippen LogP contribution in [-0.4, -0.2) is 98.4 Å². The van der Waals surface area contributed by atoms with Gasteiger partial charge in [0.25, 0.3) is 10.1 Å². The molecule has 1 rings (SSSR count). The summed E-state index contributed by atoms with van der Waals surface area (Å²) in [7, 11) is -5.03. The lowest BCUT2D eigenvalue weighted by molar-refractivity contribution is 0.0650. The minimum atomic E-state index is -4.64. The predicted octanol–water partition coefficient (Wildman–Crippen LogP) is 0.841. The summed E-state index contributed by atoms with van der Waals surface area (Å²) in [6, 6.07) is 2.13. The highest BCUT2D eigenvalue weighted by atomic mass is 32.2. The normalized spacial score (nSPS) is 10.8. The fraction of sp³-hybridized carbons (Fsp3) is 0.500. The zero-order valence-corrected chi connectivity index (χ0v) is 17.9. The molecule has 1 aromatic carbocycles. The van der Waals surface area contributed by atoms with Gasteiger partial charge >= 0.3 is 11.9 Å². The highest BCUT2D eigenvalue weighted by molar-refractivity contribution is 7.85. The van der Waals surface area contributed by atoms with Gasteiger partial charge in [0.15, 0.2) is 0 Å². The van der Waals surface area contributed by atoms with Gasteiger partial charge < -0.3 is 25.2 Å². The largest absolute Gasteiger partial charge is 0.478 e. The van der Waals surface area contributed by atoms with E-state index in [9.17, 15) is 18.0 Å². The summed E-state index contributed by atoms with van der Waals surface area (Å²) in [6.07, 6.45) is 0. The van der Waals surface area contributed by atoms with Crippen LogP contribution in [-0.2, 0) is 14.9 Å². The van der Waals surface area contributed by atoms with Gasteiger partial charge in [0.05, 0.1) is 42.4 Å². The molecule has 0 amide bonds. The third kappa shape index (κ3) is 16.5. The fourth-order valence-corrected chi connectivity index (χ4v) is 1.78. The Labute approximate surface area is 164 Å². The van der Waals surface area contributed by atoms with E-state index >= 15 is 0 Å². The number of carbonyl (C=O) groups is 2. The van der Waals surface area contributed by atoms with Crippen molar-refractivity contribution in [2.45, 2.75) is 4.90 Å². The lowest BCUT2D eigenvalue weighted by Crippen LogP contribution is -2.07. The van der Waals surface area contributed by atoms with Crippen molar-refractivity contribution in [3.63, 3.8) is 0 Å². The Morgan fingerprint density at radius 1 is 0.893 bits per heavy atom. The SMILES string of the molecule is C[P+](C)(C)C.O=C(O)c1cc(C(=O)O)cc(S(=O)(=O)O)c1.OCCOCCO. The summed E-state index contributed by atoms with van der Waals surface area (Å²) in [4.78, 5) is 20.4. The molecule has 0 bridgehead atoms. The number of carboxylic acids is 2. The Kier molecular flexibility index (Phi) is 13.8. The van der Waals surface area contributed by atoms with Crippen LogP contribution in [0, 0.1) is 0 Å². The molecule has 0 atom stereocenters. The third-order valence-electron chi connectivity index (χ3n) is 2.17. The maximum Gasteiger partial charge on any atom is 0.335 e. The molecule has 0 heterocycles. The van der Waals surface area contributed by atoms with Crippen molar-refractivity contribution in [2.24, 2.45) is 0 Å². The van der Waals surface area contributed by atoms with Gasteiger partial charge in [-0.05, 0) is 18.2 Å². The molecule has 0 aliphatic carbocycles. The molecular formula is C16H28O10PS+. The molecular weight excluding hydrogens is 415 g/mol. The number of aliphatic hydroxyl groups is 2. The average molecular weight is 443 g/mol. The maximum atomic E-state index is 10.8. The van der Waals surface area contributed by atoms with Crippen molar-refractivity contribution in [1.82, 2.24) is 0 Å². The second kappa shape index (κ2) is 13.5. The van der Waals surface area contributed by atoms with Gasteiger partial charge in [-0.3, -0.25) is 4.55 Å². The Morgan fingerprint density at radius 3 is 1.43 bits per heavy atom. The summed E-state index contributed by atoms with van der Waals surface area (Å²) in [5.74, 6) is -2.99. The molecule has 28 heavy (non-hydrogen) atoms. The second-order valence-electron chi connectivity index (χ2n) is 6.57. The minimum Gasteiger partial charge on any atom is -0.478 e. The van der Waals surface area contributed by atoms with Gasteiger partial charge in [-0.15, -0.1) is 0 Å². The molecule has 0 unspecified atom stereocenters. The van der Waals surface area contributed by atoms with E-state index in [1.807, 2.05) is 0 Å². The first-order valence-electron chi connectivity index (χ1n) is 7.81. The Morgan fingerprint density at radius 2 is 1.21 bits per heavy atom. The van der Waals surface area contributed by atoms with E-state index in [0.717, 1.165) is 6.07 Å². The highest BCUT2D eigenvalue weighted by Crippen LogP contribution is 2.40. The van der Waals surface area contributed by atoms with Crippen LogP contribution in [0.3, 0.4) is 0 Å². The first-order valence-corrected chi connectivity index (χ1v) is 12.8. The molecule has 1 aromatic rings. The van der Waals surface area contributed by atoms with Crippen molar-refractivity contribution >= 4 is 29.3 Å². The summed E-state index contributed by atoms with van der Waals surface area (Å²) >= 11 is 0. The van der Waals surface area contributed by atoms with Crippen LogP contribution in [0.1, 0.15) is 20.7 Å². The number of benzene rings is 1. The van der Waals surface area contributed by atoms with Crippen LogP contribution in [0.2, 0.25) is 0 Å². The van der Waals surface area contributed by atoms with Gasteiger partial charge in [-0.25, -0.2) is 9.59 Å². The molecule has 162 valence electrons. The first-order chi connectivity index (χ1) is 12.6. The Hall–Kier alpha value is -1.62. The molecule has 0 aliphatic heterocycles. The number of aromatic carboxylic acids is 2. The predicted molar refractivity (Wildman–Crippen MR) is 106 cm³/mol. The Balaban J connectivity index is 0. The number of carboxylic acid groups (broad SMARTS) is 2. The monoisotopic (exact) mass is 443 g/mol. The van der Waals surface area contributed by atoms with Gasteiger partial charge in [0, 0.05) is 33.9 Å². The molecule has 0 spiro atoms. The molecule has 12 heteroatoms. The Bertz CT molecular complexity index is 683. The fourth-order valence-electron chi connectivity index (χ4n) is 1.23. The summed E-state index contributed by atoms with van der Waals surface area (Å²) in [6.45, 7) is 9.89. The van der Waals surface area contributed by atoms with Gasteiger partial charge in [-0.2, -0.15) is 8.42 Å². The van der Waals surface area contributed by atoms with Crippen LogP contribution in [0.25, 0.3) is 0 Å². The quantitative estimate of drug-likeness (QED) is 0.230. The van der Waals surface area contributed by atoms with E-state index < -0.39 is 38.1 Å². The minimum absolute atomic E-state index is 0.0278. The molecule has 0 aromatic heterocycles. The van der Waals surface area contributed by atoms with Crippen molar-refractivity contribution in [3.05, 3.63) is 29.3 Å². The summed E-state index contributed by atoms with van der Waals surface area (Å²) < 4.78 is 34.8. The van der Waals surface area contributed by atoms with E-state index in [1.54, 1.807) is 0 Å². The lowest BCUT2D eigenvalue weighted by atomic mass is 10.1. The van der Waals surface area contributed by atoms with Crippen molar-refractivity contribution in [1.29, 1.82) is 0 Å². The van der Waals surface area contributed by atoms with E-state index in [1.165, 1.54) is 0 Å². The van der Waals surface area contributed by atoms with Crippen molar-refractivity contribution in [2.75, 3.05) is 53.1 Å². The molecule has 5 N–H and O–H groups in total. The van der Waals surface area contributed by atoms with Crippen LogP contribution in [0.5, 0.6) is 0 Å².